The van der Waals surface area contributed by atoms with E-state index in [1.165, 1.54) is 19.2 Å². The molecule has 0 fully saturated rings. The molecule has 9 heteroatoms. The molecule has 0 radical (unpaired) electrons. The minimum Gasteiger partial charge on any atom is -0.481 e. The molecule has 7 nitrogen and oxygen atoms in total. The Labute approximate surface area is 161 Å². The number of rotatable bonds is 7. The third-order valence-electron chi connectivity index (χ3n) is 4.12. The number of anilines is 1. The molecule has 0 saturated heterocycles. The lowest BCUT2D eigenvalue weighted by Crippen LogP contribution is -2.36. The monoisotopic (exact) mass is 391 g/mol. The van der Waals surface area contributed by atoms with Crippen LogP contribution in [0.5, 0.6) is 0 Å². The molecule has 2 aromatic heterocycles. The van der Waals surface area contributed by atoms with Crippen molar-refractivity contribution < 1.29 is 18.7 Å². The van der Waals surface area contributed by atoms with Gasteiger partial charge in [0.05, 0.1) is 18.4 Å². The van der Waals surface area contributed by atoms with Gasteiger partial charge in [0.1, 0.15) is 5.82 Å². The number of nitrogens with zero attached hydrogens (tertiary/aromatic N) is 3. The van der Waals surface area contributed by atoms with Crippen LogP contribution >= 0.6 is 0 Å². The Kier molecular flexibility index (Phi) is 6.27. The maximum absolute atomic E-state index is 14.3. The number of aromatic nitrogens is 3. The SMILES string of the molecule is C=Nc1[nH]cc(-c2ncc(F)c(NC(CC(=O)O)C(C)(C)C)n2)c1/C=C(\C)F. The van der Waals surface area contributed by atoms with Crippen molar-refractivity contribution in [1.82, 2.24) is 15.0 Å². The van der Waals surface area contributed by atoms with Crippen molar-refractivity contribution in [3.05, 3.63) is 29.6 Å². The first-order valence-electron chi connectivity index (χ1n) is 8.56. The normalized spacial score (nSPS) is 13.3. The number of carbonyl (C=O) groups is 1. The average molecular weight is 391 g/mol. The Morgan fingerprint density at radius 1 is 1.50 bits per heavy atom. The molecular weight excluding hydrogens is 368 g/mol. The van der Waals surface area contributed by atoms with E-state index in [1.807, 2.05) is 20.8 Å². The molecule has 28 heavy (non-hydrogen) atoms. The molecule has 0 bridgehead atoms. The third kappa shape index (κ3) is 4.99. The minimum absolute atomic E-state index is 0.130. The van der Waals surface area contributed by atoms with Crippen LogP contribution in [0.3, 0.4) is 0 Å². The fraction of sp³-hybridized carbons (Fsp3) is 0.368. The van der Waals surface area contributed by atoms with Gasteiger partial charge in [-0.15, -0.1) is 0 Å². The smallest absolute Gasteiger partial charge is 0.305 e. The van der Waals surface area contributed by atoms with E-state index in [-0.39, 0.29) is 18.1 Å². The molecule has 150 valence electrons. The summed E-state index contributed by atoms with van der Waals surface area (Å²) in [6.45, 7) is 10.2. The number of H-pyrrole nitrogens is 1. The van der Waals surface area contributed by atoms with Crippen molar-refractivity contribution in [2.45, 2.75) is 40.2 Å². The van der Waals surface area contributed by atoms with Gasteiger partial charge in [0.2, 0.25) is 0 Å². The van der Waals surface area contributed by atoms with Crippen molar-refractivity contribution in [3.8, 4) is 11.4 Å². The fourth-order valence-electron chi connectivity index (χ4n) is 2.60. The summed E-state index contributed by atoms with van der Waals surface area (Å²) in [4.78, 5) is 26.0. The van der Waals surface area contributed by atoms with E-state index in [1.54, 1.807) is 0 Å². The molecule has 0 aliphatic carbocycles. The summed E-state index contributed by atoms with van der Waals surface area (Å²) in [7, 11) is 0. The molecule has 0 aliphatic heterocycles. The number of carboxylic acid groups (broad SMARTS) is 1. The van der Waals surface area contributed by atoms with Gasteiger partial charge in [-0.3, -0.25) is 4.79 Å². The summed E-state index contributed by atoms with van der Waals surface area (Å²) < 4.78 is 27.8. The van der Waals surface area contributed by atoms with Crippen LogP contribution in [0.4, 0.5) is 20.4 Å². The zero-order valence-corrected chi connectivity index (χ0v) is 16.2. The highest BCUT2D eigenvalue weighted by Gasteiger charge is 2.28. The maximum atomic E-state index is 14.3. The van der Waals surface area contributed by atoms with E-state index < -0.39 is 29.1 Å². The largest absolute Gasteiger partial charge is 0.481 e. The van der Waals surface area contributed by atoms with Gasteiger partial charge >= 0.3 is 5.97 Å². The van der Waals surface area contributed by atoms with Gasteiger partial charge in [-0.2, -0.15) is 0 Å². The van der Waals surface area contributed by atoms with Crippen molar-refractivity contribution in [3.63, 3.8) is 0 Å². The van der Waals surface area contributed by atoms with Crippen LogP contribution in [0.2, 0.25) is 0 Å². The van der Waals surface area contributed by atoms with Crippen molar-refractivity contribution in [2.24, 2.45) is 10.4 Å². The lowest BCUT2D eigenvalue weighted by atomic mass is 9.85. The van der Waals surface area contributed by atoms with Crippen LogP contribution in [0.25, 0.3) is 17.5 Å². The van der Waals surface area contributed by atoms with E-state index in [0.717, 1.165) is 6.20 Å². The Morgan fingerprint density at radius 3 is 2.71 bits per heavy atom. The summed E-state index contributed by atoms with van der Waals surface area (Å²) in [5.74, 6) is -1.87. The molecule has 1 atom stereocenters. The first kappa shape index (κ1) is 21.2. The predicted molar refractivity (Wildman–Crippen MR) is 105 cm³/mol. The van der Waals surface area contributed by atoms with Gasteiger partial charge < -0.3 is 15.4 Å². The quantitative estimate of drug-likeness (QED) is 0.600. The number of aromatic amines is 1. The highest BCUT2D eigenvalue weighted by atomic mass is 19.1. The van der Waals surface area contributed by atoms with E-state index in [2.05, 4.69) is 32.0 Å². The lowest BCUT2D eigenvalue weighted by molar-refractivity contribution is -0.137. The molecule has 0 aromatic carbocycles. The summed E-state index contributed by atoms with van der Waals surface area (Å²) in [5.41, 5.74) is 0.321. The second-order valence-corrected chi connectivity index (χ2v) is 7.40. The molecule has 3 N–H and O–H groups in total. The number of aliphatic carboxylic acids is 1. The topological polar surface area (TPSA) is 103 Å². The molecule has 2 aromatic rings. The molecule has 0 saturated carbocycles. The minimum atomic E-state index is -1.01. The molecule has 0 spiro atoms. The second kappa shape index (κ2) is 8.28. The van der Waals surface area contributed by atoms with E-state index in [4.69, 9.17) is 5.11 Å². The van der Waals surface area contributed by atoms with Crippen LogP contribution in [-0.4, -0.2) is 38.8 Å². The standard InChI is InChI=1S/C19H23F2N5O2/c1-10(20)6-11-12(8-23-16(11)22-5)17-24-9-13(21)18(26-17)25-14(7-15(27)28)19(2,3)4/h6,8-9,14,23H,5,7H2,1-4H3,(H,27,28)(H,24,25,26)/b10-6+. The zero-order chi connectivity index (χ0) is 21.1. The van der Waals surface area contributed by atoms with Gasteiger partial charge in [-0.05, 0) is 25.1 Å². The van der Waals surface area contributed by atoms with Crippen LogP contribution in [0.1, 0.15) is 39.7 Å². The molecule has 0 amide bonds. The van der Waals surface area contributed by atoms with E-state index in [0.29, 0.717) is 16.9 Å². The number of hydrogen-bond donors (Lipinski definition) is 3. The van der Waals surface area contributed by atoms with Gasteiger partial charge in [0.15, 0.2) is 17.5 Å². The van der Waals surface area contributed by atoms with Crippen LogP contribution in [-0.2, 0) is 4.79 Å². The van der Waals surface area contributed by atoms with Gasteiger partial charge in [0, 0.05) is 23.4 Å². The Bertz CT molecular complexity index is 912. The van der Waals surface area contributed by atoms with E-state index in [9.17, 15) is 13.6 Å². The second-order valence-electron chi connectivity index (χ2n) is 7.40. The van der Waals surface area contributed by atoms with Crippen molar-refractivity contribution in [1.29, 1.82) is 0 Å². The van der Waals surface area contributed by atoms with Crippen molar-refractivity contribution >= 4 is 30.4 Å². The highest BCUT2D eigenvalue weighted by Crippen LogP contribution is 2.32. The number of aliphatic imine (C=N–C) groups is 1. The molecule has 0 aliphatic rings. The summed E-state index contributed by atoms with van der Waals surface area (Å²) in [6.07, 6.45) is 3.54. The molecule has 2 rings (SSSR count). The fourth-order valence-corrected chi connectivity index (χ4v) is 2.60. The first-order chi connectivity index (χ1) is 13.0. The number of nitrogens with one attached hydrogen (secondary N) is 2. The Hall–Kier alpha value is -3.10. The third-order valence-corrected chi connectivity index (χ3v) is 4.12. The molecule has 1 unspecified atom stereocenters. The number of allylic oxidation sites excluding steroid dienone is 1. The summed E-state index contributed by atoms with van der Waals surface area (Å²) in [5, 5.41) is 12.0. The predicted octanol–water partition coefficient (Wildman–Crippen LogP) is 4.57. The maximum Gasteiger partial charge on any atom is 0.305 e. The van der Waals surface area contributed by atoms with Crippen LogP contribution < -0.4 is 5.32 Å². The first-order valence-corrected chi connectivity index (χ1v) is 8.56. The van der Waals surface area contributed by atoms with Gasteiger partial charge in [-0.1, -0.05) is 20.8 Å². The Balaban J connectivity index is 2.49. The summed E-state index contributed by atoms with van der Waals surface area (Å²) in [6, 6.07) is -0.577. The summed E-state index contributed by atoms with van der Waals surface area (Å²) >= 11 is 0. The van der Waals surface area contributed by atoms with Crippen LogP contribution in [0, 0.1) is 11.2 Å². The van der Waals surface area contributed by atoms with Crippen molar-refractivity contribution in [2.75, 3.05) is 5.32 Å². The number of carboxylic acids is 1. The molecule has 2 heterocycles. The Morgan fingerprint density at radius 2 is 2.18 bits per heavy atom. The van der Waals surface area contributed by atoms with Crippen LogP contribution in [0.15, 0.2) is 23.2 Å². The number of hydrogen-bond acceptors (Lipinski definition) is 5. The zero-order valence-electron chi connectivity index (χ0n) is 16.2. The van der Waals surface area contributed by atoms with Gasteiger partial charge in [-0.25, -0.2) is 23.7 Å². The van der Waals surface area contributed by atoms with E-state index >= 15 is 0 Å². The molecular formula is C19H23F2N5O2. The lowest BCUT2D eigenvalue weighted by Gasteiger charge is -2.30. The van der Waals surface area contributed by atoms with Gasteiger partial charge in [0.25, 0.3) is 0 Å². The number of halogens is 2. The average Bonchev–Trinajstić information content (AvgIpc) is 2.96. The highest BCUT2D eigenvalue weighted by molar-refractivity contribution is 5.79.